The van der Waals surface area contributed by atoms with E-state index < -0.39 is 0 Å². The fourth-order valence-electron chi connectivity index (χ4n) is 3.34. The van der Waals surface area contributed by atoms with Crippen LogP contribution in [0.2, 0.25) is 0 Å². The SMILES string of the molecule is CC(C)N1C(=O)COc2ccc(CC3CCCNC3)cc21. The van der Waals surface area contributed by atoms with Gasteiger partial charge < -0.3 is 15.0 Å². The number of nitrogens with one attached hydrogen (secondary N) is 1. The number of nitrogens with zero attached hydrogens (tertiary/aromatic N) is 1. The van der Waals surface area contributed by atoms with Crippen LogP contribution in [0.1, 0.15) is 32.3 Å². The third kappa shape index (κ3) is 3.05. The van der Waals surface area contributed by atoms with Crippen LogP contribution in [0.4, 0.5) is 5.69 Å². The molecule has 114 valence electrons. The van der Waals surface area contributed by atoms with E-state index in [0.29, 0.717) is 5.92 Å². The summed E-state index contributed by atoms with van der Waals surface area (Å²) in [6, 6.07) is 6.46. The lowest BCUT2D eigenvalue weighted by molar-refractivity contribution is -0.121. The summed E-state index contributed by atoms with van der Waals surface area (Å²) < 4.78 is 5.56. The molecule has 0 bridgehead atoms. The minimum absolute atomic E-state index is 0.0500. The van der Waals surface area contributed by atoms with Crippen LogP contribution in [-0.2, 0) is 11.2 Å². The number of hydrogen-bond acceptors (Lipinski definition) is 3. The molecule has 0 aromatic heterocycles. The van der Waals surface area contributed by atoms with Gasteiger partial charge in [0.05, 0.1) is 5.69 Å². The molecule has 1 aromatic carbocycles. The summed E-state index contributed by atoms with van der Waals surface area (Å²) >= 11 is 0. The first-order chi connectivity index (χ1) is 10.1. The Morgan fingerprint density at radius 2 is 2.29 bits per heavy atom. The van der Waals surface area contributed by atoms with Gasteiger partial charge in [-0.25, -0.2) is 0 Å². The van der Waals surface area contributed by atoms with Crippen molar-refractivity contribution < 1.29 is 9.53 Å². The van der Waals surface area contributed by atoms with Gasteiger partial charge in [-0.3, -0.25) is 4.79 Å². The number of rotatable bonds is 3. The zero-order chi connectivity index (χ0) is 14.8. The average Bonchev–Trinajstić information content (AvgIpc) is 2.47. The maximum absolute atomic E-state index is 12.1. The molecule has 1 unspecified atom stereocenters. The number of anilines is 1. The summed E-state index contributed by atoms with van der Waals surface area (Å²) in [7, 11) is 0. The van der Waals surface area contributed by atoms with E-state index in [1.807, 2.05) is 24.8 Å². The Labute approximate surface area is 126 Å². The lowest BCUT2D eigenvalue weighted by Gasteiger charge is -2.33. The van der Waals surface area contributed by atoms with Crippen molar-refractivity contribution in [2.45, 2.75) is 39.2 Å². The van der Waals surface area contributed by atoms with Crippen molar-refractivity contribution >= 4 is 11.6 Å². The predicted molar refractivity (Wildman–Crippen MR) is 83.9 cm³/mol. The highest BCUT2D eigenvalue weighted by molar-refractivity contribution is 5.98. The Balaban J connectivity index is 1.83. The predicted octanol–water partition coefficient (Wildman–Crippen LogP) is 2.36. The van der Waals surface area contributed by atoms with Crippen LogP contribution in [0, 0.1) is 5.92 Å². The largest absolute Gasteiger partial charge is 0.482 e. The van der Waals surface area contributed by atoms with Gasteiger partial charge in [0.1, 0.15) is 5.75 Å². The molecule has 4 heteroatoms. The van der Waals surface area contributed by atoms with Crippen LogP contribution >= 0.6 is 0 Å². The molecule has 1 amide bonds. The van der Waals surface area contributed by atoms with Gasteiger partial charge in [-0.1, -0.05) is 6.07 Å². The summed E-state index contributed by atoms with van der Waals surface area (Å²) in [5.74, 6) is 1.58. The summed E-state index contributed by atoms with van der Waals surface area (Å²) in [6.45, 7) is 6.48. The first-order valence-corrected chi connectivity index (χ1v) is 7.93. The molecule has 1 atom stereocenters. The van der Waals surface area contributed by atoms with Crippen LogP contribution < -0.4 is 15.0 Å². The number of amides is 1. The van der Waals surface area contributed by atoms with Gasteiger partial charge in [0, 0.05) is 6.04 Å². The fourth-order valence-corrected chi connectivity index (χ4v) is 3.34. The fraction of sp³-hybridized carbons (Fsp3) is 0.588. The molecule has 2 heterocycles. The quantitative estimate of drug-likeness (QED) is 0.928. The molecule has 4 nitrogen and oxygen atoms in total. The third-order valence-corrected chi connectivity index (χ3v) is 4.34. The number of carbonyl (C=O) groups excluding carboxylic acids is 1. The highest BCUT2D eigenvalue weighted by atomic mass is 16.5. The van der Waals surface area contributed by atoms with E-state index in [1.54, 1.807) is 0 Å². The van der Waals surface area contributed by atoms with Crippen LogP contribution in [0.15, 0.2) is 18.2 Å². The molecular weight excluding hydrogens is 264 g/mol. The van der Waals surface area contributed by atoms with Gasteiger partial charge in [-0.2, -0.15) is 0 Å². The van der Waals surface area contributed by atoms with E-state index >= 15 is 0 Å². The van der Waals surface area contributed by atoms with Crippen molar-refractivity contribution in [3.63, 3.8) is 0 Å². The molecule has 1 saturated heterocycles. The van der Waals surface area contributed by atoms with Gasteiger partial charge in [-0.05, 0) is 69.8 Å². The number of hydrogen-bond donors (Lipinski definition) is 1. The number of ether oxygens (including phenoxy) is 1. The molecule has 0 spiro atoms. The number of fused-ring (bicyclic) bond motifs is 1. The van der Waals surface area contributed by atoms with Crippen molar-refractivity contribution in [2.75, 3.05) is 24.6 Å². The summed E-state index contributed by atoms with van der Waals surface area (Å²) in [4.78, 5) is 14.0. The molecule has 3 rings (SSSR count). The standard InChI is InChI=1S/C17H24N2O2/c1-12(2)19-15-9-13(8-14-4-3-7-18-10-14)5-6-16(15)21-11-17(19)20/h5-6,9,12,14,18H,3-4,7-8,10-11H2,1-2H3. The molecule has 21 heavy (non-hydrogen) atoms. The van der Waals surface area contributed by atoms with E-state index in [9.17, 15) is 4.79 Å². The van der Waals surface area contributed by atoms with E-state index in [0.717, 1.165) is 30.9 Å². The van der Waals surface area contributed by atoms with E-state index in [4.69, 9.17) is 4.74 Å². The van der Waals surface area contributed by atoms with Crippen LogP contribution in [0.25, 0.3) is 0 Å². The van der Waals surface area contributed by atoms with Gasteiger partial charge in [-0.15, -0.1) is 0 Å². The van der Waals surface area contributed by atoms with Crippen LogP contribution in [0.5, 0.6) is 5.75 Å². The molecule has 1 N–H and O–H groups in total. The van der Waals surface area contributed by atoms with Crippen LogP contribution in [0.3, 0.4) is 0 Å². The summed E-state index contributed by atoms with van der Waals surface area (Å²) in [6.07, 6.45) is 3.61. The Kier molecular flexibility index (Phi) is 4.15. The lowest BCUT2D eigenvalue weighted by Crippen LogP contribution is -2.43. The smallest absolute Gasteiger partial charge is 0.265 e. The zero-order valence-corrected chi connectivity index (χ0v) is 12.9. The third-order valence-electron chi connectivity index (χ3n) is 4.34. The molecule has 1 aromatic rings. The molecule has 1 fully saturated rings. The van der Waals surface area contributed by atoms with Gasteiger partial charge in [0.25, 0.3) is 5.91 Å². The second-order valence-corrected chi connectivity index (χ2v) is 6.36. The highest BCUT2D eigenvalue weighted by Gasteiger charge is 2.28. The van der Waals surface area contributed by atoms with Crippen molar-refractivity contribution in [1.29, 1.82) is 0 Å². The van der Waals surface area contributed by atoms with Crippen molar-refractivity contribution in [2.24, 2.45) is 5.92 Å². The maximum Gasteiger partial charge on any atom is 0.265 e. The normalized spacial score (nSPS) is 22.1. The van der Waals surface area contributed by atoms with E-state index in [-0.39, 0.29) is 18.6 Å². The Morgan fingerprint density at radius 1 is 1.43 bits per heavy atom. The molecule has 0 aliphatic carbocycles. The number of carbonyl (C=O) groups is 1. The Bertz CT molecular complexity index is 522. The molecular formula is C17H24N2O2. The van der Waals surface area contributed by atoms with Gasteiger partial charge >= 0.3 is 0 Å². The first kappa shape index (κ1) is 14.4. The average molecular weight is 288 g/mol. The van der Waals surface area contributed by atoms with Crippen molar-refractivity contribution in [3.05, 3.63) is 23.8 Å². The topological polar surface area (TPSA) is 41.6 Å². The first-order valence-electron chi connectivity index (χ1n) is 7.93. The molecule has 0 saturated carbocycles. The van der Waals surface area contributed by atoms with Gasteiger partial charge in [0.15, 0.2) is 6.61 Å². The maximum atomic E-state index is 12.1. The molecule has 2 aliphatic rings. The number of piperidine rings is 1. The van der Waals surface area contributed by atoms with E-state index in [1.165, 1.54) is 18.4 Å². The monoisotopic (exact) mass is 288 g/mol. The molecule has 0 radical (unpaired) electrons. The van der Waals surface area contributed by atoms with Crippen molar-refractivity contribution in [1.82, 2.24) is 5.32 Å². The minimum atomic E-state index is 0.0500. The Morgan fingerprint density at radius 3 is 3.00 bits per heavy atom. The van der Waals surface area contributed by atoms with Gasteiger partial charge in [0.2, 0.25) is 0 Å². The molecule has 2 aliphatic heterocycles. The second-order valence-electron chi connectivity index (χ2n) is 6.36. The van der Waals surface area contributed by atoms with E-state index in [2.05, 4.69) is 17.4 Å². The summed E-state index contributed by atoms with van der Waals surface area (Å²) in [5.41, 5.74) is 2.23. The zero-order valence-electron chi connectivity index (χ0n) is 12.9. The Hall–Kier alpha value is -1.55. The number of benzene rings is 1. The highest BCUT2D eigenvalue weighted by Crippen LogP contribution is 2.35. The van der Waals surface area contributed by atoms with Crippen LogP contribution in [-0.4, -0.2) is 31.6 Å². The minimum Gasteiger partial charge on any atom is -0.482 e. The van der Waals surface area contributed by atoms with Crippen molar-refractivity contribution in [3.8, 4) is 5.75 Å². The summed E-state index contributed by atoms with van der Waals surface area (Å²) in [5, 5.41) is 3.46. The second kappa shape index (κ2) is 6.06. The lowest BCUT2D eigenvalue weighted by atomic mass is 9.92.